The normalized spacial score (nSPS) is 19.3. The number of anilines is 3. The number of nitrogens with one attached hydrogen (secondary N) is 1. The van der Waals surface area contributed by atoms with Crippen molar-refractivity contribution in [2.24, 2.45) is 10.9 Å². The molecule has 0 saturated carbocycles. The van der Waals surface area contributed by atoms with Crippen LogP contribution in [0.5, 0.6) is 5.75 Å². The number of rotatable bonds is 2. The van der Waals surface area contributed by atoms with Gasteiger partial charge in [0.15, 0.2) is 17.4 Å². The lowest BCUT2D eigenvalue weighted by molar-refractivity contribution is 0.0952. The van der Waals surface area contributed by atoms with Crippen LogP contribution in [0.1, 0.15) is 27.5 Å². The first-order valence-electron chi connectivity index (χ1n) is 9.12. The molecule has 2 aliphatic rings. The van der Waals surface area contributed by atoms with E-state index in [1.165, 1.54) is 0 Å². The van der Waals surface area contributed by atoms with E-state index in [1.807, 2.05) is 48.5 Å². The fourth-order valence-corrected chi connectivity index (χ4v) is 3.96. The molecule has 2 heterocycles. The van der Waals surface area contributed by atoms with E-state index in [1.54, 1.807) is 7.11 Å². The molecule has 1 aromatic heterocycles. The van der Waals surface area contributed by atoms with E-state index in [-0.39, 0.29) is 17.5 Å². The summed E-state index contributed by atoms with van der Waals surface area (Å²) in [7, 11) is 1.61. The summed E-state index contributed by atoms with van der Waals surface area (Å²) < 4.78 is 5.26. The second-order valence-electron chi connectivity index (χ2n) is 6.94. The second kappa shape index (κ2) is 6.30. The van der Waals surface area contributed by atoms with Crippen molar-refractivity contribution >= 4 is 34.8 Å². The van der Waals surface area contributed by atoms with Crippen LogP contribution in [0.4, 0.5) is 23.3 Å². The first kappa shape index (κ1) is 17.2. The Bertz CT molecular complexity index is 1170. The summed E-state index contributed by atoms with van der Waals surface area (Å²) in [6.45, 7) is 0. The van der Waals surface area contributed by atoms with Crippen LogP contribution in [0.2, 0.25) is 0 Å². The Kier molecular flexibility index (Phi) is 3.73. The van der Waals surface area contributed by atoms with Crippen LogP contribution < -0.4 is 21.5 Å². The first-order valence-corrected chi connectivity index (χ1v) is 9.12. The lowest BCUT2D eigenvalue weighted by Gasteiger charge is -2.24. The molecule has 2 unspecified atom stereocenters. The van der Waals surface area contributed by atoms with E-state index >= 15 is 0 Å². The van der Waals surface area contributed by atoms with Crippen molar-refractivity contribution in [1.82, 2.24) is 9.97 Å². The van der Waals surface area contributed by atoms with E-state index in [0.29, 0.717) is 22.8 Å². The number of methoxy groups -OCH3 is 1. The summed E-state index contributed by atoms with van der Waals surface area (Å²) in [5, 5.41) is 3.34. The molecule has 8 heteroatoms. The molecule has 0 bridgehead atoms. The Morgan fingerprint density at radius 1 is 1.00 bits per heavy atom. The Labute approximate surface area is 166 Å². The van der Waals surface area contributed by atoms with Gasteiger partial charge in [0.25, 0.3) is 0 Å². The number of Topliss-reactive ketones (excluding diaryl/α,β-unsaturated/α-hetero) is 1. The summed E-state index contributed by atoms with van der Waals surface area (Å²) >= 11 is 0. The number of hydrogen-bond donors (Lipinski definition) is 3. The molecule has 0 amide bonds. The molecule has 144 valence electrons. The van der Waals surface area contributed by atoms with Crippen molar-refractivity contribution < 1.29 is 9.53 Å². The zero-order chi connectivity index (χ0) is 20.1. The average Bonchev–Trinajstić information content (AvgIpc) is 2.89. The van der Waals surface area contributed by atoms with Crippen molar-refractivity contribution in [2.75, 3.05) is 23.9 Å². The minimum Gasteiger partial charge on any atom is -0.497 e. The van der Waals surface area contributed by atoms with Crippen LogP contribution in [0, 0.1) is 5.92 Å². The first-order chi connectivity index (χ1) is 14.1. The quantitative estimate of drug-likeness (QED) is 0.617. The minimum atomic E-state index is -0.532. The molecule has 1 aliphatic heterocycles. The summed E-state index contributed by atoms with van der Waals surface area (Å²) in [5.74, 6) is 0.812. The van der Waals surface area contributed by atoms with E-state index in [9.17, 15) is 4.79 Å². The zero-order valence-electron chi connectivity index (χ0n) is 15.6. The van der Waals surface area contributed by atoms with Gasteiger partial charge in [0.05, 0.1) is 24.8 Å². The molecule has 2 aromatic carbocycles. The molecule has 0 radical (unpaired) electrons. The van der Waals surface area contributed by atoms with Gasteiger partial charge < -0.3 is 21.5 Å². The number of ether oxygens (including phenoxy) is 1. The molecule has 0 spiro atoms. The third-order valence-corrected chi connectivity index (χ3v) is 5.31. The maximum Gasteiger partial charge on any atom is 0.224 e. The summed E-state index contributed by atoms with van der Waals surface area (Å²) in [6.07, 6.45) is 0. The number of hydrogen-bond acceptors (Lipinski definition) is 8. The van der Waals surface area contributed by atoms with Gasteiger partial charge in [0.2, 0.25) is 5.95 Å². The Hall–Kier alpha value is -3.94. The van der Waals surface area contributed by atoms with Crippen LogP contribution >= 0.6 is 0 Å². The van der Waals surface area contributed by atoms with Gasteiger partial charge in [-0.15, -0.1) is 0 Å². The zero-order valence-corrected chi connectivity index (χ0v) is 15.6. The lowest BCUT2D eigenvalue weighted by Crippen LogP contribution is -2.28. The van der Waals surface area contributed by atoms with Gasteiger partial charge in [-0.3, -0.25) is 4.79 Å². The molecular weight excluding hydrogens is 368 g/mol. The van der Waals surface area contributed by atoms with E-state index in [4.69, 9.17) is 21.2 Å². The van der Waals surface area contributed by atoms with Gasteiger partial charge in [-0.25, -0.2) is 4.99 Å². The molecule has 2 atom stereocenters. The predicted octanol–water partition coefficient (Wildman–Crippen LogP) is 2.75. The van der Waals surface area contributed by atoms with Crippen LogP contribution in [-0.4, -0.2) is 28.6 Å². The van der Waals surface area contributed by atoms with E-state index in [0.717, 1.165) is 16.9 Å². The minimum absolute atomic E-state index is 0.0000215. The van der Waals surface area contributed by atoms with Crippen molar-refractivity contribution in [3.8, 4) is 5.75 Å². The smallest absolute Gasteiger partial charge is 0.224 e. The second-order valence-corrected chi connectivity index (χ2v) is 6.94. The van der Waals surface area contributed by atoms with Crippen molar-refractivity contribution in [3.63, 3.8) is 0 Å². The van der Waals surface area contributed by atoms with Crippen LogP contribution in [0.3, 0.4) is 0 Å². The standard InChI is InChI=1S/C21H18N6O2/c1-29-11-8-6-10(7-9-11)15-14-16(12-4-2-3-5-13(12)18(14)28)24-17-19(22)26-21(23)27-20(17)25-15/h2-9,14-15H,1H3,(H5,22,23,25,26,27). The molecule has 0 fully saturated rings. The number of carbonyl (C=O) groups is 1. The van der Waals surface area contributed by atoms with Gasteiger partial charge in [0.1, 0.15) is 11.4 Å². The van der Waals surface area contributed by atoms with Crippen molar-refractivity contribution in [2.45, 2.75) is 6.04 Å². The van der Waals surface area contributed by atoms with Gasteiger partial charge >= 0.3 is 0 Å². The third kappa shape index (κ3) is 2.60. The number of nitrogen functional groups attached to an aromatic ring is 2. The summed E-state index contributed by atoms with van der Waals surface area (Å²) in [6, 6.07) is 14.6. The van der Waals surface area contributed by atoms with Gasteiger partial charge in [0, 0.05) is 11.1 Å². The highest BCUT2D eigenvalue weighted by atomic mass is 16.5. The molecule has 29 heavy (non-hydrogen) atoms. The van der Waals surface area contributed by atoms with E-state index in [2.05, 4.69) is 15.3 Å². The monoisotopic (exact) mass is 386 g/mol. The number of fused-ring (bicyclic) bond motifs is 4. The molecule has 1 aliphatic carbocycles. The SMILES string of the molecule is COc1ccc(C2Nc3nc(N)nc(N)c3N=C3c4ccccc4C(=O)C32)cc1. The molecule has 8 nitrogen and oxygen atoms in total. The highest BCUT2D eigenvalue weighted by Crippen LogP contribution is 2.44. The van der Waals surface area contributed by atoms with Crippen LogP contribution in [0.25, 0.3) is 0 Å². The Morgan fingerprint density at radius 2 is 1.72 bits per heavy atom. The van der Waals surface area contributed by atoms with Gasteiger partial charge in [-0.1, -0.05) is 36.4 Å². The largest absolute Gasteiger partial charge is 0.497 e. The number of aliphatic imine (C=N–C) groups is 1. The van der Waals surface area contributed by atoms with Gasteiger partial charge in [-0.05, 0) is 17.7 Å². The predicted molar refractivity (Wildman–Crippen MR) is 111 cm³/mol. The third-order valence-electron chi connectivity index (χ3n) is 5.31. The highest BCUT2D eigenvalue weighted by molar-refractivity contribution is 6.29. The van der Waals surface area contributed by atoms with Crippen molar-refractivity contribution in [3.05, 3.63) is 65.2 Å². The maximum atomic E-state index is 13.4. The molecule has 5 N–H and O–H groups in total. The number of ketones is 1. The lowest BCUT2D eigenvalue weighted by atomic mass is 9.88. The van der Waals surface area contributed by atoms with Crippen LogP contribution in [0.15, 0.2) is 53.5 Å². The fraction of sp³-hybridized carbons (Fsp3) is 0.143. The number of nitrogens with zero attached hydrogens (tertiary/aromatic N) is 3. The number of nitrogens with two attached hydrogens (primary N) is 2. The summed E-state index contributed by atoms with van der Waals surface area (Å²) in [4.78, 5) is 26.4. The molecule has 0 saturated heterocycles. The number of carbonyl (C=O) groups excluding carboxylic acids is 1. The van der Waals surface area contributed by atoms with Crippen molar-refractivity contribution in [1.29, 1.82) is 0 Å². The number of aromatic nitrogens is 2. The molecule has 3 aromatic rings. The molecule has 5 rings (SSSR count). The topological polar surface area (TPSA) is 129 Å². The Balaban J connectivity index is 1.74. The molecular formula is C21H18N6O2. The highest BCUT2D eigenvalue weighted by Gasteiger charge is 2.44. The average molecular weight is 386 g/mol. The van der Waals surface area contributed by atoms with Gasteiger partial charge in [-0.2, -0.15) is 9.97 Å². The Morgan fingerprint density at radius 3 is 2.45 bits per heavy atom. The maximum absolute atomic E-state index is 13.4. The number of benzene rings is 2. The van der Waals surface area contributed by atoms with Crippen LogP contribution in [-0.2, 0) is 0 Å². The fourth-order valence-electron chi connectivity index (χ4n) is 3.96. The summed E-state index contributed by atoms with van der Waals surface area (Å²) in [5.41, 5.74) is 15.3. The van der Waals surface area contributed by atoms with E-state index < -0.39 is 12.0 Å².